The van der Waals surface area contributed by atoms with Gasteiger partial charge in [-0.1, -0.05) is 0 Å². The van der Waals surface area contributed by atoms with Gasteiger partial charge in [0.15, 0.2) is 0 Å². The van der Waals surface area contributed by atoms with Gasteiger partial charge in [0.2, 0.25) is 0 Å². The molecule has 0 atom stereocenters. The fourth-order valence-electron chi connectivity index (χ4n) is 1.43. The molecule has 0 aliphatic heterocycles. The van der Waals surface area contributed by atoms with Gasteiger partial charge in [0.05, 0.1) is 19.9 Å². The summed E-state index contributed by atoms with van der Waals surface area (Å²) in [5, 5.41) is 3.23. The maximum absolute atomic E-state index is 5.45. The molecule has 0 amide bonds. The van der Waals surface area contributed by atoms with Gasteiger partial charge in [0.25, 0.3) is 0 Å². The van der Waals surface area contributed by atoms with E-state index in [-0.39, 0.29) is 0 Å². The average molecular weight is 210 g/mol. The molecule has 0 aliphatic carbocycles. The third-order valence-electron chi connectivity index (χ3n) is 2.17. The van der Waals surface area contributed by atoms with Crippen LogP contribution in [-0.2, 0) is 0 Å². The van der Waals surface area contributed by atoms with Gasteiger partial charge in [0, 0.05) is 19.2 Å². The minimum Gasteiger partial charge on any atom is -0.497 e. The third-order valence-corrected chi connectivity index (χ3v) is 2.17. The van der Waals surface area contributed by atoms with Crippen molar-refractivity contribution >= 4 is 5.69 Å². The zero-order chi connectivity index (χ0) is 11.3. The molecule has 15 heavy (non-hydrogen) atoms. The summed E-state index contributed by atoms with van der Waals surface area (Å²) in [7, 11) is 3.28. The average Bonchev–Trinajstić information content (AvgIpc) is 2.26. The van der Waals surface area contributed by atoms with E-state index in [1.807, 2.05) is 19.1 Å². The van der Waals surface area contributed by atoms with E-state index >= 15 is 0 Å². The molecule has 0 heterocycles. The second-order valence-electron chi connectivity index (χ2n) is 3.24. The van der Waals surface area contributed by atoms with Crippen LogP contribution < -0.4 is 20.5 Å². The molecule has 1 aromatic carbocycles. The van der Waals surface area contributed by atoms with E-state index in [4.69, 9.17) is 15.2 Å². The number of benzene rings is 1. The normalized spacial score (nSPS) is 9.87. The number of nitrogens with one attached hydrogen (secondary N) is 1. The van der Waals surface area contributed by atoms with Crippen molar-refractivity contribution in [1.82, 2.24) is 0 Å². The van der Waals surface area contributed by atoms with Gasteiger partial charge in [-0.05, 0) is 18.6 Å². The number of hydrogen-bond donors (Lipinski definition) is 2. The van der Waals surface area contributed by atoms with Crippen LogP contribution >= 0.6 is 0 Å². The van der Waals surface area contributed by atoms with Crippen LogP contribution in [0.25, 0.3) is 0 Å². The van der Waals surface area contributed by atoms with Crippen molar-refractivity contribution < 1.29 is 9.47 Å². The second-order valence-corrected chi connectivity index (χ2v) is 3.24. The molecular formula is C11H18N2O2. The molecule has 0 aliphatic rings. The first-order chi connectivity index (χ1) is 7.22. The number of anilines is 1. The quantitative estimate of drug-likeness (QED) is 0.771. The molecule has 4 nitrogen and oxygen atoms in total. The Morgan fingerprint density at radius 3 is 2.53 bits per heavy atom. The first-order valence-electron chi connectivity index (χ1n) is 4.89. The van der Waals surface area contributed by atoms with E-state index in [0.29, 0.717) is 6.54 Å². The van der Waals surface area contributed by atoms with Crippen LogP contribution in [0.4, 0.5) is 5.69 Å². The van der Waals surface area contributed by atoms with Gasteiger partial charge >= 0.3 is 0 Å². The van der Waals surface area contributed by atoms with Gasteiger partial charge < -0.3 is 20.5 Å². The molecule has 0 saturated carbocycles. The molecule has 0 saturated heterocycles. The molecule has 0 spiro atoms. The Bertz CT molecular complexity index is 327. The maximum Gasteiger partial charge on any atom is 0.145 e. The minimum absolute atomic E-state index is 0.592. The summed E-state index contributed by atoms with van der Waals surface area (Å²) in [6, 6.07) is 3.81. The Morgan fingerprint density at radius 2 is 2.00 bits per heavy atom. The number of ether oxygens (including phenoxy) is 2. The highest BCUT2D eigenvalue weighted by atomic mass is 16.5. The summed E-state index contributed by atoms with van der Waals surface area (Å²) in [6.45, 7) is 3.32. The van der Waals surface area contributed by atoms with Gasteiger partial charge in [-0.3, -0.25) is 0 Å². The van der Waals surface area contributed by atoms with E-state index in [1.165, 1.54) is 0 Å². The molecule has 0 unspecified atom stereocenters. The Labute approximate surface area is 90.4 Å². The van der Waals surface area contributed by atoms with Gasteiger partial charge in [-0.2, -0.15) is 0 Å². The highest BCUT2D eigenvalue weighted by Gasteiger charge is 2.08. The van der Waals surface area contributed by atoms with Crippen LogP contribution in [-0.4, -0.2) is 27.3 Å². The van der Waals surface area contributed by atoms with Crippen LogP contribution in [0.2, 0.25) is 0 Å². The van der Waals surface area contributed by atoms with Crippen molar-refractivity contribution in [2.24, 2.45) is 5.73 Å². The summed E-state index contributed by atoms with van der Waals surface area (Å²) < 4.78 is 10.4. The van der Waals surface area contributed by atoms with Crippen LogP contribution in [0.1, 0.15) is 5.56 Å². The minimum atomic E-state index is 0.592. The Hall–Kier alpha value is -1.42. The lowest BCUT2D eigenvalue weighted by molar-refractivity contribution is 0.395. The Kier molecular flexibility index (Phi) is 4.24. The highest BCUT2D eigenvalue weighted by Crippen LogP contribution is 2.32. The van der Waals surface area contributed by atoms with E-state index < -0.39 is 0 Å². The van der Waals surface area contributed by atoms with Crippen molar-refractivity contribution in [2.75, 3.05) is 32.6 Å². The first kappa shape index (κ1) is 11.7. The Morgan fingerprint density at radius 1 is 1.27 bits per heavy atom. The number of nitrogens with two attached hydrogens (primary N) is 1. The van der Waals surface area contributed by atoms with Crippen molar-refractivity contribution in [3.63, 3.8) is 0 Å². The number of methoxy groups -OCH3 is 2. The molecule has 1 rings (SSSR count). The SMILES string of the molecule is COc1cc(C)c(NCCN)c(OC)c1. The standard InChI is InChI=1S/C11H18N2O2/c1-8-6-9(14-2)7-10(15-3)11(8)13-5-4-12/h6-7,13H,4-5,12H2,1-3H3. The first-order valence-corrected chi connectivity index (χ1v) is 4.89. The van der Waals surface area contributed by atoms with Crippen LogP contribution in [0.5, 0.6) is 11.5 Å². The zero-order valence-corrected chi connectivity index (χ0v) is 9.46. The van der Waals surface area contributed by atoms with Crippen molar-refractivity contribution in [2.45, 2.75) is 6.92 Å². The third kappa shape index (κ3) is 2.76. The van der Waals surface area contributed by atoms with Crippen LogP contribution in [0, 0.1) is 6.92 Å². The molecule has 4 heteroatoms. The summed E-state index contributed by atoms with van der Waals surface area (Å²) >= 11 is 0. The zero-order valence-electron chi connectivity index (χ0n) is 9.46. The monoisotopic (exact) mass is 210 g/mol. The molecule has 0 fully saturated rings. The van der Waals surface area contributed by atoms with Crippen molar-refractivity contribution in [1.29, 1.82) is 0 Å². The smallest absolute Gasteiger partial charge is 0.145 e. The fraction of sp³-hybridized carbons (Fsp3) is 0.455. The summed E-state index contributed by atoms with van der Waals surface area (Å²) in [5.41, 5.74) is 7.50. The number of aryl methyl sites for hydroxylation is 1. The molecule has 0 radical (unpaired) electrons. The molecular weight excluding hydrogens is 192 g/mol. The van der Waals surface area contributed by atoms with E-state index in [1.54, 1.807) is 14.2 Å². The predicted molar refractivity (Wildman–Crippen MR) is 61.8 cm³/mol. The summed E-state index contributed by atoms with van der Waals surface area (Å²) in [4.78, 5) is 0. The molecule has 1 aromatic rings. The number of hydrogen-bond acceptors (Lipinski definition) is 4. The Balaban J connectivity index is 3.01. The summed E-state index contributed by atoms with van der Waals surface area (Å²) in [5.74, 6) is 1.57. The van der Waals surface area contributed by atoms with Crippen molar-refractivity contribution in [3.05, 3.63) is 17.7 Å². The van der Waals surface area contributed by atoms with Crippen LogP contribution in [0.3, 0.4) is 0 Å². The lowest BCUT2D eigenvalue weighted by Gasteiger charge is -2.14. The van der Waals surface area contributed by atoms with Crippen LogP contribution in [0.15, 0.2) is 12.1 Å². The van der Waals surface area contributed by atoms with E-state index in [2.05, 4.69) is 5.32 Å². The van der Waals surface area contributed by atoms with Gasteiger partial charge in [-0.25, -0.2) is 0 Å². The van der Waals surface area contributed by atoms with E-state index in [0.717, 1.165) is 29.3 Å². The van der Waals surface area contributed by atoms with Gasteiger partial charge in [-0.15, -0.1) is 0 Å². The molecule has 0 aromatic heterocycles. The molecule has 3 N–H and O–H groups in total. The summed E-state index contributed by atoms with van der Waals surface area (Å²) in [6.07, 6.45) is 0. The topological polar surface area (TPSA) is 56.5 Å². The second kappa shape index (κ2) is 5.46. The van der Waals surface area contributed by atoms with Gasteiger partial charge in [0.1, 0.15) is 11.5 Å². The number of rotatable bonds is 5. The lowest BCUT2D eigenvalue weighted by Crippen LogP contribution is -2.14. The predicted octanol–water partition coefficient (Wildman–Crippen LogP) is 1.38. The van der Waals surface area contributed by atoms with E-state index in [9.17, 15) is 0 Å². The molecule has 84 valence electrons. The fourth-order valence-corrected chi connectivity index (χ4v) is 1.43. The highest BCUT2D eigenvalue weighted by molar-refractivity contribution is 5.64. The molecule has 0 bridgehead atoms. The largest absolute Gasteiger partial charge is 0.497 e. The maximum atomic E-state index is 5.45. The van der Waals surface area contributed by atoms with Crippen molar-refractivity contribution in [3.8, 4) is 11.5 Å². The lowest BCUT2D eigenvalue weighted by atomic mass is 10.1.